The van der Waals surface area contributed by atoms with Crippen molar-refractivity contribution in [1.82, 2.24) is 4.90 Å². The van der Waals surface area contributed by atoms with Crippen LogP contribution in [0.15, 0.2) is 0 Å². The van der Waals surface area contributed by atoms with Crippen LogP contribution in [-0.2, 0) is 4.79 Å². The first-order valence-electron chi connectivity index (χ1n) is 5.15. The maximum Gasteiger partial charge on any atom is 0.222 e. The molecule has 0 saturated carbocycles. The number of rotatable bonds is 4. The van der Waals surface area contributed by atoms with Gasteiger partial charge in [0.15, 0.2) is 0 Å². The molecule has 3 heteroatoms. The van der Waals surface area contributed by atoms with Crippen molar-refractivity contribution in [3.8, 4) is 0 Å². The third kappa shape index (κ3) is 2.69. The maximum absolute atomic E-state index is 11.5. The van der Waals surface area contributed by atoms with Gasteiger partial charge in [-0.2, -0.15) is 0 Å². The van der Waals surface area contributed by atoms with E-state index >= 15 is 0 Å². The number of nitrogens with two attached hydrogens (primary N) is 1. The molecule has 1 aliphatic rings. The highest BCUT2D eigenvalue weighted by atomic mass is 16.2. The molecule has 1 saturated heterocycles. The Labute approximate surface area is 80.3 Å². The zero-order valence-electron chi connectivity index (χ0n) is 8.62. The zero-order valence-corrected chi connectivity index (χ0v) is 8.62. The molecule has 1 amide bonds. The number of nitrogens with zero attached hydrogens (tertiary/aromatic N) is 1. The molecular formula is C10H20N2O. The minimum atomic E-state index is 0.305. The molecule has 0 aromatic rings. The molecule has 0 bridgehead atoms. The summed E-state index contributed by atoms with van der Waals surface area (Å²) in [5, 5.41) is 0. The topological polar surface area (TPSA) is 46.3 Å². The predicted molar refractivity (Wildman–Crippen MR) is 53.2 cm³/mol. The minimum absolute atomic E-state index is 0.305. The van der Waals surface area contributed by atoms with Gasteiger partial charge in [0.25, 0.3) is 0 Å². The average Bonchev–Trinajstić information content (AvgIpc) is 2.02. The van der Waals surface area contributed by atoms with E-state index in [9.17, 15) is 4.79 Å². The molecule has 0 aliphatic carbocycles. The van der Waals surface area contributed by atoms with E-state index in [0.29, 0.717) is 30.7 Å². The molecule has 2 N–H and O–H groups in total. The molecule has 0 aromatic heterocycles. The first-order chi connectivity index (χ1) is 6.17. The molecule has 0 aromatic carbocycles. The van der Waals surface area contributed by atoms with Crippen molar-refractivity contribution in [2.24, 2.45) is 17.6 Å². The number of hydrogen-bond acceptors (Lipinski definition) is 2. The third-order valence-corrected chi connectivity index (χ3v) is 2.86. The van der Waals surface area contributed by atoms with Gasteiger partial charge in [-0.3, -0.25) is 4.79 Å². The standard InChI is InChI=1S/C10H20N2O/c1-3-8(2)4-10(13)12-6-9(5-11)7-12/h8-9H,3-7,11H2,1-2H3. The van der Waals surface area contributed by atoms with Gasteiger partial charge in [0.05, 0.1) is 0 Å². The van der Waals surface area contributed by atoms with Gasteiger partial charge < -0.3 is 10.6 Å². The summed E-state index contributed by atoms with van der Waals surface area (Å²) in [7, 11) is 0. The lowest BCUT2D eigenvalue weighted by atomic mass is 9.97. The number of amides is 1. The Balaban J connectivity index is 2.19. The SMILES string of the molecule is CCC(C)CC(=O)N1CC(CN)C1. The summed E-state index contributed by atoms with van der Waals surface area (Å²) < 4.78 is 0. The van der Waals surface area contributed by atoms with E-state index < -0.39 is 0 Å². The summed E-state index contributed by atoms with van der Waals surface area (Å²) in [4.78, 5) is 13.5. The van der Waals surface area contributed by atoms with Gasteiger partial charge in [0.1, 0.15) is 0 Å². The highest BCUT2D eigenvalue weighted by Gasteiger charge is 2.29. The van der Waals surface area contributed by atoms with Gasteiger partial charge in [-0.1, -0.05) is 20.3 Å². The molecule has 1 rings (SSSR count). The van der Waals surface area contributed by atoms with E-state index in [-0.39, 0.29) is 0 Å². The van der Waals surface area contributed by atoms with Crippen molar-refractivity contribution in [2.45, 2.75) is 26.7 Å². The van der Waals surface area contributed by atoms with Crippen molar-refractivity contribution in [3.63, 3.8) is 0 Å². The fourth-order valence-electron chi connectivity index (χ4n) is 1.49. The lowest BCUT2D eigenvalue weighted by Crippen LogP contribution is -2.52. The fourth-order valence-corrected chi connectivity index (χ4v) is 1.49. The smallest absolute Gasteiger partial charge is 0.222 e. The van der Waals surface area contributed by atoms with Crippen LogP contribution < -0.4 is 5.73 Å². The van der Waals surface area contributed by atoms with Crippen LogP contribution in [0.25, 0.3) is 0 Å². The number of hydrogen-bond donors (Lipinski definition) is 1. The van der Waals surface area contributed by atoms with E-state index in [1.54, 1.807) is 0 Å². The van der Waals surface area contributed by atoms with Crippen LogP contribution in [-0.4, -0.2) is 30.4 Å². The predicted octanol–water partition coefficient (Wildman–Crippen LogP) is 0.840. The van der Waals surface area contributed by atoms with Crippen molar-refractivity contribution >= 4 is 5.91 Å². The van der Waals surface area contributed by atoms with E-state index in [4.69, 9.17) is 5.73 Å². The molecular weight excluding hydrogens is 164 g/mol. The van der Waals surface area contributed by atoms with Crippen LogP contribution in [0, 0.1) is 11.8 Å². The molecule has 1 fully saturated rings. The van der Waals surface area contributed by atoms with E-state index in [1.807, 2.05) is 4.90 Å². The summed E-state index contributed by atoms with van der Waals surface area (Å²) in [5.41, 5.74) is 5.49. The molecule has 1 aliphatic heterocycles. The second-order valence-electron chi connectivity index (χ2n) is 4.12. The van der Waals surface area contributed by atoms with Crippen LogP contribution in [0.3, 0.4) is 0 Å². The summed E-state index contributed by atoms with van der Waals surface area (Å²) in [6.07, 6.45) is 1.79. The molecule has 13 heavy (non-hydrogen) atoms. The highest BCUT2D eigenvalue weighted by molar-refractivity contribution is 5.77. The van der Waals surface area contributed by atoms with Crippen molar-refractivity contribution in [1.29, 1.82) is 0 Å². The Bertz CT molecular complexity index is 176. The maximum atomic E-state index is 11.5. The Hall–Kier alpha value is -0.570. The molecule has 0 radical (unpaired) electrons. The van der Waals surface area contributed by atoms with Crippen LogP contribution in [0.4, 0.5) is 0 Å². The quantitative estimate of drug-likeness (QED) is 0.703. The first kappa shape index (κ1) is 10.5. The number of carbonyl (C=O) groups excluding carboxylic acids is 1. The van der Waals surface area contributed by atoms with Crippen molar-refractivity contribution in [3.05, 3.63) is 0 Å². The average molecular weight is 184 g/mol. The second-order valence-corrected chi connectivity index (χ2v) is 4.12. The largest absolute Gasteiger partial charge is 0.342 e. The molecule has 1 atom stereocenters. The minimum Gasteiger partial charge on any atom is -0.342 e. The fraction of sp³-hybridized carbons (Fsp3) is 0.900. The summed E-state index contributed by atoms with van der Waals surface area (Å²) >= 11 is 0. The van der Waals surface area contributed by atoms with Gasteiger partial charge in [-0.25, -0.2) is 0 Å². The van der Waals surface area contributed by atoms with E-state index in [0.717, 1.165) is 19.5 Å². The lowest BCUT2D eigenvalue weighted by Gasteiger charge is -2.39. The molecule has 3 nitrogen and oxygen atoms in total. The van der Waals surface area contributed by atoms with Crippen molar-refractivity contribution in [2.75, 3.05) is 19.6 Å². The highest BCUT2D eigenvalue weighted by Crippen LogP contribution is 2.17. The summed E-state index contributed by atoms with van der Waals surface area (Å²) in [5.74, 6) is 1.38. The van der Waals surface area contributed by atoms with Crippen LogP contribution >= 0.6 is 0 Å². The second kappa shape index (κ2) is 4.61. The molecule has 76 valence electrons. The lowest BCUT2D eigenvalue weighted by molar-refractivity contribution is -0.138. The third-order valence-electron chi connectivity index (χ3n) is 2.86. The monoisotopic (exact) mass is 184 g/mol. The van der Waals surface area contributed by atoms with Gasteiger partial charge in [0, 0.05) is 25.4 Å². The van der Waals surface area contributed by atoms with Gasteiger partial charge in [-0.15, -0.1) is 0 Å². The Kier molecular flexibility index (Phi) is 3.72. The van der Waals surface area contributed by atoms with Crippen LogP contribution in [0.5, 0.6) is 0 Å². The first-order valence-corrected chi connectivity index (χ1v) is 5.15. The number of likely N-dealkylation sites (tertiary alicyclic amines) is 1. The summed E-state index contributed by atoms with van der Waals surface area (Å²) in [6.45, 7) is 6.72. The van der Waals surface area contributed by atoms with Crippen molar-refractivity contribution < 1.29 is 4.79 Å². The van der Waals surface area contributed by atoms with E-state index in [2.05, 4.69) is 13.8 Å². The molecule has 1 unspecified atom stereocenters. The van der Waals surface area contributed by atoms with Gasteiger partial charge in [-0.05, 0) is 12.5 Å². The van der Waals surface area contributed by atoms with Gasteiger partial charge >= 0.3 is 0 Å². The normalized spacial score (nSPS) is 19.8. The zero-order chi connectivity index (χ0) is 9.84. The van der Waals surface area contributed by atoms with Crippen LogP contribution in [0.1, 0.15) is 26.7 Å². The Morgan fingerprint density at radius 2 is 2.23 bits per heavy atom. The Morgan fingerprint density at radius 3 is 2.69 bits per heavy atom. The summed E-state index contributed by atoms with van der Waals surface area (Å²) in [6, 6.07) is 0. The molecule has 1 heterocycles. The van der Waals surface area contributed by atoms with Gasteiger partial charge in [0.2, 0.25) is 5.91 Å². The van der Waals surface area contributed by atoms with Crippen LogP contribution in [0.2, 0.25) is 0 Å². The van der Waals surface area contributed by atoms with E-state index in [1.165, 1.54) is 0 Å². The number of carbonyl (C=O) groups is 1. The Morgan fingerprint density at radius 1 is 1.62 bits per heavy atom. The molecule has 0 spiro atoms.